The zero-order chi connectivity index (χ0) is 18.6. The van der Waals surface area contributed by atoms with Crippen LogP contribution in [0.2, 0.25) is 0 Å². The lowest BCUT2D eigenvalue weighted by Crippen LogP contribution is -2.24. The minimum absolute atomic E-state index is 0.0354. The fourth-order valence-electron chi connectivity index (χ4n) is 3.24. The highest BCUT2D eigenvalue weighted by atomic mass is 16.1. The Labute approximate surface area is 158 Å². The summed E-state index contributed by atoms with van der Waals surface area (Å²) in [5.74, 6) is 0.0354. The number of carbonyl (C=O) groups excluding carboxylic acids is 1. The summed E-state index contributed by atoms with van der Waals surface area (Å²) in [6.45, 7) is 6.00. The molecule has 0 aliphatic rings. The van der Waals surface area contributed by atoms with Gasteiger partial charge in [0, 0.05) is 24.3 Å². The van der Waals surface area contributed by atoms with Crippen molar-refractivity contribution in [3.8, 4) is 0 Å². The van der Waals surface area contributed by atoms with Crippen LogP contribution in [0.5, 0.6) is 0 Å². The van der Waals surface area contributed by atoms with Crippen LogP contribution in [-0.4, -0.2) is 22.2 Å². The molecule has 0 atom stereocenters. The monoisotopic (exact) mass is 355 g/mol. The number of hydrogen-bond donors (Lipinski definition) is 1. The Hall–Kier alpha value is -2.10. The summed E-state index contributed by atoms with van der Waals surface area (Å²) in [7, 11) is 0. The molecule has 142 valence electrons. The molecular weight excluding hydrogens is 322 g/mol. The fraction of sp³-hybridized carbons (Fsp3) is 0.545. The van der Waals surface area contributed by atoms with E-state index in [0.717, 1.165) is 30.8 Å². The first kappa shape index (κ1) is 20.2. The molecule has 0 fully saturated rings. The van der Waals surface area contributed by atoms with Crippen LogP contribution in [0.3, 0.4) is 0 Å². The van der Waals surface area contributed by atoms with Crippen molar-refractivity contribution < 1.29 is 4.79 Å². The molecular formula is C22H33N3O. The summed E-state index contributed by atoms with van der Waals surface area (Å²) >= 11 is 0. The third kappa shape index (κ3) is 7.42. The normalized spacial score (nSPS) is 10.8. The van der Waals surface area contributed by atoms with E-state index < -0.39 is 0 Å². The van der Waals surface area contributed by atoms with Gasteiger partial charge in [-0.1, -0.05) is 56.7 Å². The van der Waals surface area contributed by atoms with Gasteiger partial charge in [0.25, 0.3) is 5.91 Å². The number of aromatic nitrogens is 2. The molecule has 1 aromatic heterocycles. The van der Waals surface area contributed by atoms with E-state index in [0.29, 0.717) is 0 Å². The van der Waals surface area contributed by atoms with Crippen molar-refractivity contribution in [2.45, 2.75) is 71.8 Å². The molecule has 0 saturated heterocycles. The lowest BCUT2D eigenvalue weighted by atomic mass is 10.1. The van der Waals surface area contributed by atoms with Crippen LogP contribution in [0.1, 0.15) is 73.1 Å². The van der Waals surface area contributed by atoms with Crippen molar-refractivity contribution in [2.24, 2.45) is 0 Å². The van der Waals surface area contributed by atoms with Crippen LogP contribution in [0.25, 0.3) is 0 Å². The van der Waals surface area contributed by atoms with Crippen LogP contribution in [-0.2, 0) is 6.54 Å². The van der Waals surface area contributed by atoms with Crippen LogP contribution in [0.15, 0.2) is 36.4 Å². The zero-order valence-electron chi connectivity index (χ0n) is 16.3. The Morgan fingerprint density at radius 3 is 2.15 bits per heavy atom. The van der Waals surface area contributed by atoms with Crippen molar-refractivity contribution in [1.29, 1.82) is 0 Å². The van der Waals surface area contributed by atoms with Gasteiger partial charge in [-0.05, 0) is 44.9 Å². The van der Waals surface area contributed by atoms with Crippen LogP contribution < -0.4 is 5.32 Å². The van der Waals surface area contributed by atoms with Crippen molar-refractivity contribution in [3.05, 3.63) is 53.3 Å². The molecule has 26 heavy (non-hydrogen) atoms. The van der Waals surface area contributed by atoms with Crippen LogP contribution in [0.4, 0.5) is 0 Å². The Kier molecular flexibility index (Phi) is 8.94. The Balaban J connectivity index is 1.39. The first-order chi connectivity index (χ1) is 12.7. The first-order valence-electron chi connectivity index (χ1n) is 10.0. The second-order valence-corrected chi connectivity index (χ2v) is 7.10. The molecule has 2 rings (SSSR count). The van der Waals surface area contributed by atoms with E-state index in [1.807, 2.05) is 30.3 Å². The van der Waals surface area contributed by atoms with Crippen molar-refractivity contribution in [1.82, 2.24) is 15.1 Å². The minimum Gasteiger partial charge on any atom is -0.352 e. The number of hydrogen-bond acceptors (Lipinski definition) is 2. The van der Waals surface area contributed by atoms with Crippen molar-refractivity contribution in [2.75, 3.05) is 6.54 Å². The van der Waals surface area contributed by atoms with Crippen LogP contribution in [0, 0.1) is 13.8 Å². The average molecular weight is 356 g/mol. The standard InChI is InChI=1S/C22H33N3O/c1-19-18-20(2)25(24-19)17-13-8-6-4-3-5-7-12-16-23-22(26)21-14-10-9-11-15-21/h9-11,14-15,18H,3-8,12-13,16-17H2,1-2H3,(H,23,26). The maximum atomic E-state index is 11.9. The van der Waals surface area contributed by atoms with Gasteiger partial charge < -0.3 is 5.32 Å². The fourth-order valence-corrected chi connectivity index (χ4v) is 3.24. The molecule has 2 aromatic rings. The number of rotatable bonds is 12. The summed E-state index contributed by atoms with van der Waals surface area (Å²) < 4.78 is 2.12. The highest BCUT2D eigenvalue weighted by Gasteiger charge is 2.03. The van der Waals surface area contributed by atoms with Gasteiger partial charge in [-0.3, -0.25) is 9.48 Å². The smallest absolute Gasteiger partial charge is 0.251 e. The summed E-state index contributed by atoms with van der Waals surface area (Å²) in [5, 5.41) is 7.50. The molecule has 0 unspecified atom stereocenters. The lowest BCUT2D eigenvalue weighted by molar-refractivity contribution is 0.0953. The highest BCUT2D eigenvalue weighted by Crippen LogP contribution is 2.10. The Morgan fingerprint density at radius 1 is 0.923 bits per heavy atom. The van der Waals surface area contributed by atoms with Crippen molar-refractivity contribution >= 4 is 5.91 Å². The molecule has 0 aliphatic heterocycles. The van der Waals surface area contributed by atoms with Crippen LogP contribution >= 0.6 is 0 Å². The third-order valence-corrected chi connectivity index (χ3v) is 4.72. The van der Waals surface area contributed by atoms with E-state index in [9.17, 15) is 4.79 Å². The van der Waals surface area contributed by atoms with E-state index in [-0.39, 0.29) is 5.91 Å². The topological polar surface area (TPSA) is 46.9 Å². The predicted molar refractivity (Wildman–Crippen MR) is 107 cm³/mol. The number of aryl methyl sites for hydroxylation is 3. The maximum absolute atomic E-state index is 11.9. The number of amides is 1. The van der Waals surface area contributed by atoms with Gasteiger partial charge in [0.15, 0.2) is 0 Å². The minimum atomic E-state index is 0.0354. The molecule has 0 saturated carbocycles. The molecule has 1 aromatic carbocycles. The SMILES string of the molecule is Cc1cc(C)n(CCCCCCCCCCNC(=O)c2ccccc2)n1. The van der Waals surface area contributed by atoms with E-state index in [2.05, 4.69) is 35.0 Å². The molecule has 4 heteroatoms. The number of nitrogens with zero attached hydrogens (tertiary/aromatic N) is 2. The van der Waals surface area contributed by atoms with Gasteiger partial charge >= 0.3 is 0 Å². The van der Waals surface area contributed by atoms with Gasteiger partial charge in [-0.15, -0.1) is 0 Å². The molecule has 0 radical (unpaired) electrons. The van der Waals surface area contributed by atoms with Gasteiger partial charge in [0.05, 0.1) is 5.69 Å². The number of carbonyl (C=O) groups is 1. The van der Waals surface area contributed by atoms with Crippen molar-refractivity contribution in [3.63, 3.8) is 0 Å². The summed E-state index contributed by atoms with van der Waals surface area (Å²) in [4.78, 5) is 11.9. The quantitative estimate of drug-likeness (QED) is 0.542. The third-order valence-electron chi connectivity index (χ3n) is 4.72. The molecule has 0 aliphatic carbocycles. The summed E-state index contributed by atoms with van der Waals surface area (Å²) in [6.07, 6.45) is 9.94. The summed E-state index contributed by atoms with van der Waals surface area (Å²) in [6, 6.07) is 11.6. The molecule has 0 spiro atoms. The number of nitrogens with one attached hydrogen (secondary N) is 1. The molecule has 4 nitrogen and oxygen atoms in total. The molecule has 1 N–H and O–H groups in total. The molecule has 1 amide bonds. The molecule has 0 bridgehead atoms. The average Bonchev–Trinajstić information content (AvgIpc) is 2.97. The zero-order valence-corrected chi connectivity index (χ0v) is 16.3. The van der Waals surface area contributed by atoms with E-state index >= 15 is 0 Å². The van der Waals surface area contributed by atoms with Gasteiger partial charge in [-0.25, -0.2) is 0 Å². The first-order valence-corrected chi connectivity index (χ1v) is 10.0. The van der Waals surface area contributed by atoms with E-state index in [1.165, 1.54) is 50.6 Å². The van der Waals surface area contributed by atoms with Gasteiger partial charge in [-0.2, -0.15) is 5.10 Å². The van der Waals surface area contributed by atoms with Gasteiger partial charge in [0.2, 0.25) is 0 Å². The molecule has 1 heterocycles. The Morgan fingerprint density at radius 2 is 1.54 bits per heavy atom. The number of unbranched alkanes of at least 4 members (excludes halogenated alkanes) is 7. The largest absolute Gasteiger partial charge is 0.352 e. The highest BCUT2D eigenvalue weighted by molar-refractivity contribution is 5.94. The predicted octanol–water partition coefficient (Wildman–Crippen LogP) is 5.05. The lowest BCUT2D eigenvalue weighted by Gasteiger charge is -2.06. The maximum Gasteiger partial charge on any atom is 0.251 e. The van der Waals surface area contributed by atoms with Gasteiger partial charge in [0.1, 0.15) is 0 Å². The second-order valence-electron chi connectivity index (χ2n) is 7.10. The van der Waals surface area contributed by atoms with E-state index in [1.54, 1.807) is 0 Å². The van der Waals surface area contributed by atoms with E-state index in [4.69, 9.17) is 0 Å². The number of benzene rings is 1. The summed E-state index contributed by atoms with van der Waals surface area (Å²) in [5.41, 5.74) is 3.12. The Bertz CT molecular complexity index is 649. The second kappa shape index (κ2) is 11.5.